The van der Waals surface area contributed by atoms with Crippen LogP contribution in [-0.2, 0) is 35.6 Å². The third-order valence-corrected chi connectivity index (χ3v) is 7.44. The van der Waals surface area contributed by atoms with Crippen LogP contribution in [0.3, 0.4) is 0 Å². The fraction of sp³-hybridized carbons (Fsp3) is 0.269. The second-order valence-corrected chi connectivity index (χ2v) is 9.57. The first-order chi connectivity index (χ1) is 16.8. The van der Waals surface area contributed by atoms with Crippen molar-refractivity contribution in [1.82, 2.24) is 0 Å². The van der Waals surface area contributed by atoms with Crippen molar-refractivity contribution in [3.05, 3.63) is 88.5 Å². The molecule has 5 nitrogen and oxygen atoms in total. The maximum Gasteiger partial charge on any atom is 0.416 e. The van der Waals surface area contributed by atoms with Gasteiger partial charge in [0.2, 0.25) is 0 Å². The monoisotopic (exact) mass is 501 g/mol. The van der Waals surface area contributed by atoms with Crippen LogP contribution in [0, 0.1) is 0 Å². The Kier molecular flexibility index (Phi) is 6.37. The lowest BCUT2D eigenvalue weighted by atomic mass is 9.98. The maximum atomic E-state index is 12.9. The predicted octanol–water partition coefficient (Wildman–Crippen LogP) is 6.40. The van der Waals surface area contributed by atoms with Gasteiger partial charge in [-0.1, -0.05) is 24.3 Å². The molecule has 0 amide bonds. The second kappa shape index (κ2) is 9.47. The lowest BCUT2D eigenvalue weighted by Crippen LogP contribution is -2.29. The smallest absolute Gasteiger partial charge is 0.416 e. The first-order valence-electron chi connectivity index (χ1n) is 11.1. The molecule has 0 aromatic heterocycles. The highest BCUT2D eigenvalue weighted by molar-refractivity contribution is 7.99. The highest BCUT2D eigenvalue weighted by atomic mass is 32.2. The van der Waals surface area contributed by atoms with Crippen molar-refractivity contribution >= 4 is 23.4 Å². The van der Waals surface area contributed by atoms with E-state index in [9.17, 15) is 18.0 Å². The second-order valence-electron chi connectivity index (χ2n) is 8.50. The molecule has 0 saturated heterocycles. The van der Waals surface area contributed by atoms with Gasteiger partial charge in [0, 0.05) is 16.6 Å². The van der Waals surface area contributed by atoms with Crippen molar-refractivity contribution in [2.24, 2.45) is 0 Å². The molecule has 0 spiro atoms. The zero-order chi connectivity index (χ0) is 24.6. The van der Waals surface area contributed by atoms with Crippen LogP contribution in [0.15, 0.2) is 65.6 Å². The number of alkyl halides is 3. The first-order valence-corrected chi connectivity index (χ1v) is 12.0. The summed E-state index contributed by atoms with van der Waals surface area (Å²) >= 11 is 1.64. The van der Waals surface area contributed by atoms with Gasteiger partial charge >= 0.3 is 12.1 Å². The Morgan fingerprint density at radius 1 is 1.14 bits per heavy atom. The minimum absolute atomic E-state index is 0.0128. The van der Waals surface area contributed by atoms with E-state index in [1.165, 1.54) is 12.1 Å². The topological polar surface area (TPSA) is 59.0 Å². The minimum Gasteiger partial charge on any atom is -0.489 e. The number of benzene rings is 3. The summed E-state index contributed by atoms with van der Waals surface area (Å²) in [5, 5.41) is 10.7. The molecular weight excluding hydrogens is 479 g/mol. The number of hydrogen-bond donors (Lipinski definition) is 1. The van der Waals surface area contributed by atoms with E-state index >= 15 is 0 Å². The van der Waals surface area contributed by atoms with E-state index in [0.29, 0.717) is 31.2 Å². The number of carboxylic acids is 1. The number of rotatable bonds is 6. The van der Waals surface area contributed by atoms with Crippen LogP contribution < -0.4 is 9.80 Å². The van der Waals surface area contributed by atoms with E-state index in [1.54, 1.807) is 16.8 Å². The van der Waals surface area contributed by atoms with Gasteiger partial charge in [0.05, 0.1) is 24.2 Å². The fourth-order valence-electron chi connectivity index (χ4n) is 4.37. The summed E-state index contributed by atoms with van der Waals surface area (Å²) in [6.45, 7) is 1.02. The number of carbonyl (C=O) groups is 1. The molecule has 1 N–H and O–H groups in total. The average Bonchev–Trinajstić information content (AvgIpc) is 3.23. The summed E-state index contributed by atoms with van der Waals surface area (Å²) in [4.78, 5) is 17.9. The number of anilines is 1. The zero-order valence-electron chi connectivity index (χ0n) is 18.5. The van der Waals surface area contributed by atoms with Crippen molar-refractivity contribution in [3.63, 3.8) is 0 Å². The van der Waals surface area contributed by atoms with Gasteiger partial charge in [-0.15, -0.1) is 11.8 Å². The molecule has 2 heterocycles. The van der Waals surface area contributed by atoms with Crippen LogP contribution in [0.2, 0.25) is 0 Å². The highest BCUT2D eigenvalue weighted by Gasteiger charge is 2.31. The molecule has 0 bridgehead atoms. The molecule has 3 aromatic carbocycles. The molecule has 2 aliphatic rings. The molecule has 0 aliphatic carbocycles. The SMILES string of the molecule is O=C(O)CC1CSc2cc(OCc3cccc4c3CN(c3ccc(C(F)(F)F)cc3)OC4)ccc21. The molecule has 3 aromatic rings. The van der Waals surface area contributed by atoms with Gasteiger partial charge in [-0.25, -0.2) is 5.06 Å². The largest absolute Gasteiger partial charge is 0.489 e. The van der Waals surface area contributed by atoms with Crippen LogP contribution in [0.25, 0.3) is 0 Å². The number of fused-ring (bicyclic) bond motifs is 2. The third-order valence-electron chi connectivity index (χ3n) is 6.21. The average molecular weight is 502 g/mol. The van der Waals surface area contributed by atoms with Crippen LogP contribution in [-0.4, -0.2) is 16.8 Å². The molecule has 0 fully saturated rings. The van der Waals surface area contributed by atoms with Gasteiger partial charge in [0.1, 0.15) is 19.0 Å². The first kappa shape index (κ1) is 23.6. The number of hydrogen-bond acceptors (Lipinski definition) is 5. The van der Waals surface area contributed by atoms with Crippen LogP contribution >= 0.6 is 11.8 Å². The Balaban J connectivity index is 1.29. The number of ether oxygens (including phenoxy) is 1. The fourth-order valence-corrected chi connectivity index (χ4v) is 5.65. The molecule has 0 saturated carbocycles. The lowest BCUT2D eigenvalue weighted by molar-refractivity contribution is -0.138. The van der Waals surface area contributed by atoms with Gasteiger partial charge < -0.3 is 9.84 Å². The molecule has 2 aliphatic heterocycles. The van der Waals surface area contributed by atoms with Crippen molar-refractivity contribution in [3.8, 4) is 5.75 Å². The number of nitrogens with zero attached hydrogens (tertiary/aromatic N) is 1. The third kappa shape index (κ3) is 5.11. The quantitative estimate of drug-likeness (QED) is 0.422. The van der Waals surface area contributed by atoms with Gasteiger partial charge in [-0.05, 0) is 58.7 Å². The van der Waals surface area contributed by atoms with Gasteiger partial charge in [-0.3, -0.25) is 9.63 Å². The standard InChI is InChI=1S/C26H22F3NO4S/c27-26(28,29)19-4-6-20(7-5-19)30-12-23-16(2-1-3-17(23)14-34-30)13-33-21-8-9-22-18(10-25(31)32)15-35-24(22)11-21/h1-9,11,18H,10,12-15H2,(H,31,32). The molecule has 1 atom stereocenters. The van der Waals surface area contributed by atoms with Crippen LogP contribution in [0.1, 0.15) is 40.2 Å². The molecule has 35 heavy (non-hydrogen) atoms. The van der Waals surface area contributed by atoms with E-state index < -0.39 is 17.7 Å². The Morgan fingerprint density at radius 3 is 2.69 bits per heavy atom. The lowest BCUT2D eigenvalue weighted by Gasteiger charge is -2.31. The van der Waals surface area contributed by atoms with Crippen molar-refractivity contribution in [2.45, 2.75) is 43.2 Å². The summed E-state index contributed by atoms with van der Waals surface area (Å²) < 4.78 is 44.8. The molecule has 1 unspecified atom stereocenters. The van der Waals surface area contributed by atoms with Gasteiger partial charge in [0.25, 0.3) is 0 Å². The number of thioether (sulfide) groups is 1. The zero-order valence-corrected chi connectivity index (χ0v) is 19.4. The van der Waals surface area contributed by atoms with E-state index in [1.807, 2.05) is 36.4 Å². The number of hydroxylamine groups is 1. The summed E-state index contributed by atoms with van der Waals surface area (Å²) in [5.41, 5.74) is 3.90. The Hall–Kier alpha value is -3.17. The summed E-state index contributed by atoms with van der Waals surface area (Å²) in [5.74, 6) is 0.666. The van der Waals surface area contributed by atoms with Crippen molar-refractivity contribution in [1.29, 1.82) is 0 Å². The Bertz CT molecular complexity index is 1250. The number of aliphatic carboxylic acids is 1. The summed E-state index contributed by atoms with van der Waals surface area (Å²) in [6, 6.07) is 16.6. The van der Waals surface area contributed by atoms with Crippen molar-refractivity contribution < 1.29 is 32.6 Å². The van der Waals surface area contributed by atoms with E-state index in [2.05, 4.69) is 0 Å². The van der Waals surface area contributed by atoms with Crippen LogP contribution in [0.4, 0.5) is 18.9 Å². The molecule has 5 rings (SSSR count). The molecular formula is C26H22F3NO4S. The van der Waals surface area contributed by atoms with Crippen LogP contribution in [0.5, 0.6) is 5.75 Å². The summed E-state index contributed by atoms with van der Waals surface area (Å²) in [7, 11) is 0. The highest BCUT2D eigenvalue weighted by Crippen LogP contribution is 2.43. The molecule has 9 heteroatoms. The Morgan fingerprint density at radius 2 is 1.94 bits per heavy atom. The van der Waals surface area contributed by atoms with E-state index in [4.69, 9.17) is 14.7 Å². The maximum absolute atomic E-state index is 12.9. The normalized spacial score (nSPS) is 17.1. The predicted molar refractivity (Wildman–Crippen MR) is 125 cm³/mol. The van der Waals surface area contributed by atoms with Crippen molar-refractivity contribution in [2.75, 3.05) is 10.8 Å². The van der Waals surface area contributed by atoms with E-state index in [-0.39, 0.29) is 12.3 Å². The minimum atomic E-state index is -4.38. The van der Waals surface area contributed by atoms with Gasteiger partial charge in [-0.2, -0.15) is 13.2 Å². The number of halogens is 3. The number of carboxylic acid groups (broad SMARTS) is 1. The Labute approximate surface area is 204 Å². The molecule has 182 valence electrons. The van der Waals surface area contributed by atoms with Gasteiger partial charge in [0.15, 0.2) is 0 Å². The van der Waals surface area contributed by atoms with E-state index in [0.717, 1.165) is 45.0 Å². The summed E-state index contributed by atoms with van der Waals surface area (Å²) in [6.07, 6.45) is -4.26. The molecule has 0 radical (unpaired) electrons.